The molecule has 0 aliphatic carbocycles. The van der Waals surface area contributed by atoms with Gasteiger partial charge in [0.15, 0.2) is 0 Å². The molecule has 29 heavy (non-hydrogen) atoms. The fourth-order valence-corrected chi connectivity index (χ4v) is 6.30. The molecule has 2 N–H and O–H groups in total. The minimum Gasteiger partial charge on any atom is -0.491 e. The Labute approximate surface area is 180 Å². The van der Waals surface area contributed by atoms with E-state index in [0.717, 1.165) is 43.7 Å². The van der Waals surface area contributed by atoms with Crippen LogP contribution in [0.4, 0.5) is 0 Å². The van der Waals surface area contributed by atoms with Crippen LogP contribution in [0.2, 0.25) is 4.34 Å². The van der Waals surface area contributed by atoms with Gasteiger partial charge in [-0.15, -0.1) is 11.3 Å². The third kappa shape index (κ3) is 4.20. The van der Waals surface area contributed by atoms with Gasteiger partial charge in [0.25, 0.3) is 0 Å². The SMILES string of the molecule is C[C@H]1C[C@@]2(CCN1Cc1cccc(OCCO)c1)OCCc1c2sc(Cl)c1CO. The molecule has 1 aromatic heterocycles. The van der Waals surface area contributed by atoms with Gasteiger partial charge in [0, 0.05) is 29.6 Å². The summed E-state index contributed by atoms with van der Waals surface area (Å²) in [5.74, 6) is 0.794. The lowest BCUT2D eigenvalue weighted by molar-refractivity contribution is -0.110. The molecule has 0 bridgehead atoms. The monoisotopic (exact) mass is 437 g/mol. The van der Waals surface area contributed by atoms with Crippen LogP contribution in [0.5, 0.6) is 5.75 Å². The molecule has 3 heterocycles. The topological polar surface area (TPSA) is 62.2 Å². The van der Waals surface area contributed by atoms with Gasteiger partial charge in [-0.2, -0.15) is 0 Å². The number of aliphatic hydroxyl groups excluding tert-OH is 2. The molecule has 0 amide bonds. The Morgan fingerprint density at radius 2 is 2.24 bits per heavy atom. The van der Waals surface area contributed by atoms with Gasteiger partial charge in [-0.05, 0) is 49.4 Å². The Bertz CT molecular complexity index is 857. The second-order valence-corrected chi connectivity index (χ2v) is 9.53. The van der Waals surface area contributed by atoms with Crippen LogP contribution in [0.25, 0.3) is 0 Å². The van der Waals surface area contributed by atoms with Crippen molar-refractivity contribution in [2.24, 2.45) is 0 Å². The lowest BCUT2D eigenvalue weighted by atomic mass is 9.81. The lowest BCUT2D eigenvalue weighted by Crippen LogP contribution is -2.50. The summed E-state index contributed by atoms with van der Waals surface area (Å²) in [5, 5.41) is 18.7. The van der Waals surface area contributed by atoms with E-state index in [0.29, 0.717) is 23.6 Å². The molecule has 0 unspecified atom stereocenters. The van der Waals surface area contributed by atoms with Gasteiger partial charge in [-0.25, -0.2) is 0 Å². The fraction of sp³-hybridized carbons (Fsp3) is 0.545. The standard InChI is InChI=1S/C22H28ClNO4S/c1-15-12-22(20-18(5-9-28-22)19(14-26)21(23)29-20)6-7-24(15)13-16-3-2-4-17(11-16)27-10-8-25/h2-4,11,15,25-26H,5-10,12-14H2,1H3/t15-,22+/m0/s1. The zero-order valence-electron chi connectivity index (χ0n) is 16.7. The summed E-state index contributed by atoms with van der Waals surface area (Å²) in [6.07, 6.45) is 2.67. The minimum atomic E-state index is -0.280. The number of likely N-dealkylation sites (tertiary alicyclic amines) is 1. The zero-order valence-corrected chi connectivity index (χ0v) is 18.3. The van der Waals surface area contributed by atoms with Gasteiger partial charge < -0.3 is 19.7 Å². The van der Waals surface area contributed by atoms with Crippen LogP contribution in [0.1, 0.15) is 41.3 Å². The first kappa shape index (κ1) is 21.1. The van der Waals surface area contributed by atoms with Crippen molar-refractivity contribution in [3.63, 3.8) is 0 Å². The molecule has 4 rings (SSSR count). The first-order valence-electron chi connectivity index (χ1n) is 10.2. The Morgan fingerprint density at radius 1 is 1.38 bits per heavy atom. The van der Waals surface area contributed by atoms with Gasteiger partial charge >= 0.3 is 0 Å². The Morgan fingerprint density at radius 3 is 3.00 bits per heavy atom. The first-order chi connectivity index (χ1) is 14.1. The molecule has 1 saturated heterocycles. The molecule has 5 nitrogen and oxygen atoms in total. The molecule has 1 aromatic carbocycles. The summed E-state index contributed by atoms with van der Waals surface area (Å²) in [7, 11) is 0. The molecule has 7 heteroatoms. The molecule has 0 radical (unpaired) electrons. The number of rotatable bonds is 6. The number of piperidine rings is 1. The van der Waals surface area contributed by atoms with E-state index in [1.54, 1.807) is 11.3 Å². The van der Waals surface area contributed by atoms with Crippen molar-refractivity contribution in [3.05, 3.63) is 50.2 Å². The van der Waals surface area contributed by atoms with Crippen molar-refractivity contribution < 1.29 is 19.7 Å². The van der Waals surface area contributed by atoms with Crippen LogP contribution in [-0.2, 0) is 29.9 Å². The van der Waals surface area contributed by atoms with E-state index in [1.165, 1.54) is 16.0 Å². The van der Waals surface area contributed by atoms with Crippen molar-refractivity contribution in [3.8, 4) is 5.75 Å². The van der Waals surface area contributed by atoms with Crippen molar-refractivity contribution in [2.45, 2.75) is 51.0 Å². The second-order valence-electron chi connectivity index (χ2n) is 7.91. The van der Waals surface area contributed by atoms with E-state index in [1.807, 2.05) is 12.1 Å². The van der Waals surface area contributed by atoms with Gasteiger partial charge in [-0.3, -0.25) is 4.90 Å². The number of aliphatic hydroxyl groups is 2. The van der Waals surface area contributed by atoms with Crippen LogP contribution in [-0.4, -0.2) is 47.5 Å². The molecule has 1 spiro atoms. The van der Waals surface area contributed by atoms with Crippen LogP contribution in [0.15, 0.2) is 24.3 Å². The number of thiophene rings is 1. The Hall–Kier alpha value is -1.15. The van der Waals surface area contributed by atoms with E-state index in [2.05, 4.69) is 24.0 Å². The average molecular weight is 438 g/mol. The molecule has 2 aromatic rings. The minimum absolute atomic E-state index is 0.00286. The van der Waals surface area contributed by atoms with Gasteiger partial charge in [0.1, 0.15) is 18.0 Å². The molecular formula is C22H28ClNO4S. The first-order valence-corrected chi connectivity index (χ1v) is 11.4. The van der Waals surface area contributed by atoms with E-state index >= 15 is 0 Å². The summed E-state index contributed by atoms with van der Waals surface area (Å²) >= 11 is 8.01. The highest BCUT2D eigenvalue weighted by Crippen LogP contribution is 2.49. The largest absolute Gasteiger partial charge is 0.491 e. The predicted molar refractivity (Wildman–Crippen MR) is 115 cm³/mol. The van der Waals surface area contributed by atoms with E-state index < -0.39 is 0 Å². The number of ether oxygens (including phenoxy) is 2. The van der Waals surface area contributed by atoms with Gasteiger partial charge in [0.2, 0.25) is 0 Å². The predicted octanol–water partition coefficient (Wildman–Crippen LogP) is 3.72. The third-order valence-corrected chi connectivity index (χ3v) is 7.77. The van der Waals surface area contributed by atoms with Crippen molar-refractivity contribution in [1.29, 1.82) is 0 Å². The molecular weight excluding hydrogens is 410 g/mol. The van der Waals surface area contributed by atoms with Crippen molar-refractivity contribution >= 4 is 22.9 Å². The summed E-state index contributed by atoms with van der Waals surface area (Å²) in [4.78, 5) is 3.71. The number of fused-ring (bicyclic) bond motifs is 2. The summed E-state index contributed by atoms with van der Waals surface area (Å²) in [5.41, 5.74) is 3.03. The summed E-state index contributed by atoms with van der Waals surface area (Å²) in [6.45, 7) is 5.06. The molecule has 2 atom stereocenters. The van der Waals surface area contributed by atoms with Crippen molar-refractivity contribution in [2.75, 3.05) is 26.4 Å². The van der Waals surface area contributed by atoms with Gasteiger partial charge in [0.05, 0.1) is 24.2 Å². The maximum absolute atomic E-state index is 9.73. The van der Waals surface area contributed by atoms with E-state index in [-0.39, 0.29) is 18.8 Å². The highest BCUT2D eigenvalue weighted by Gasteiger charge is 2.45. The quantitative estimate of drug-likeness (QED) is 0.721. The number of hydrogen-bond donors (Lipinski definition) is 2. The maximum atomic E-state index is 9.73. The third-order valence-electron chi connectivity index (χ3n) is 6.07. The highest BCUT2D eigenvalue weighted by atomic mass is 35.5. The number of halogens is 1. The van der Waals surface area contributed by atoms with Crippen LogP contribution >= 0.6 is 22.9 Å². The highest BCUT2D eigenvalue weighted by molar-refractivity contribution is 7.16. The van der Waals surface area contributed by atoms with E-state index in [9.17, 15) is 5.11 Å². The summed E-state index contributed by atoms with van der Waals surface area (Å²) < 4.78 is 12.6. The smallest absolute Gasteiger partial charge is 0.119 e. The zero-order chi connectivity index (χ0) is 20.4. The van der Waals surface area contributed by atoms with Gasteiger partial charge in [-0.1, -0.05) is 23.7 Å². The average Bonchev–Trinajstić information content (AvgIpc) is 3.06. The van der Waals surface area contributed by atoms with Crippen LogP contribution in [0, 0.1) is 0 Å². The number of nitrogens with zero attached hydrogens (tertiary/aromatic N) is 1. The van der Waals surface area contributed by atoms with Crippen LogP contribution < -0.4 is 4.74 Å². The molecule has 2 aliphatic rings. The number of benzene rings is 1. The second kappa shape index (κ2) is 8.92. The molecule has 2 aliphatic heterocycles. The van der Waals surface area contributed by atoms with E-state index in [4.69, 9.17) is 26.2 Å². The summed E-state index contributed by atoms with van der Waals surface area (Å²) in [6, 6.07) is 8.44. The molecule has 0 saturated carbocycles. The normalized spacial score (nSPS) is 24.6. The molecule has 158 valence electrons. The number of hydrogen-bond acceptors (Lipinski definition) is 6. The van der Waals surface area contributed by atoms with Crippen LogP contribution in [0.3, 0.4) is 0 Å². The maximum Gasteiger partial charge on any atom is 0.119 e. The lowest BCUT2D eigenvalue weighted by Gasteiger charge is -2.47. The fourth-order valence-electron chi connectivity index (χ4n) is 4.63. The Balaban J connectivity index is 1.48. The molecule has 1 fully saturated rings. The Kier molecular flexibility index (Phi) is 6.49. The van der Waals surface area contributed by atoms with Crippen molar-refractivity contribution in [1.82, 2.24) is 4.90 Å².